The average Bonchev–Trinajstić information content (AvgIpc) is 3.46. The molecule has 6 heteroatoms. The second-order valence-corrected chi connectivity index (χ2v) is 8.41. The smallest absolute Gasteiger partial charge is 0.254 e. The maximum absolute atomic E-state index is 13.0. The molecule has 2 aromatic carbocycles. The quantitative estimate of drug-likeness (QED) is 0.655. The molecule has 2 aliphatic rings. The molecule has 1 saturated heterocycles. The summed E-state index contributed by atoms with van der Waals surface area (Å²) >= 11 is 0. The molecule has 3 aromatic rings. The Morgan fingerprint density at radius 2 is 2.03 bits per heavy atom. The van der Waals surface area contributed by atoms with Crippen LogP contribution in [0.5, 0.6) is 0 Å². The highest BCUT2D eigenvalue weighted by Gasteiger charge is 2.31. The summed E-state index contributed by atoms with van der Waals surface area (Å²) < 4.78 is 7.43. The lowest BCUT2D eigenvalue weighted by Gasteiger charge is -2.19. The van der Waals surface area contributed by atoms with Crippen molar-refractivity contribution in [2.45, 2.75) is 38.8 Å². The molecular formula is C24H26N4O2. The number of nitrogens with zero attached hydrogens (tertiary/aromatic N) is 4. The molecule has 1 amide bonds. The van der Waals surface area contributed by atoms with Crippen LogP contribution in [0.4, 0.5) is 0 Å². The van der Waals surface area contributed by atoms with Crippen molar-refractivity contribution >= 4 is 5.91 Å². The molecule has 1 atom stereocenters. The van der Waals surface area contributed by atoms with Crippen molar-refractivity contribution in [2.75, 3.05) is 13.2 Å². The number of carbonyl (C=O) groups excluding carboxylic acids is 1. The van der Waals surface area contributed by atoms with Gasteiger partial charge in [0.1, 0.15) is 5.69 Å². The van der Waals surface area contributed by atoms with E-state index < -0.39 is 0 Å². The number of benzene rings is 2. The van der Waals surface area contributed by atoms with Gasteiger partial charge in [-0.2, -0.15) is 0 Å². The van der Waals surface area contributed by atoms with Crippen molar-refractivity contribution in [3.05, 3.63) is 70.4 Å². The number of carbonyl (C=O) groups is 1. The maximum atomic E-state index is 13.0. The second-order valence-electron chi connectivity index (χ2n) is 8.41. The lowest BCUT2D eigenvalue weighted by Crippen LogP contribution is -2.32. The predicted octanol–water partition coefficient (Wildman–Crippen LogP) is 3.52. The van der Waals surface area contributed by atoms with Crippen molar-refractivity contribution in [2.24, 2.45) is 7.05 Å². The van der Waals surface area contributed by atoms with Crippen LogP contribution in [0.3, 0.4) is 0 Å². The fraction of sp³-hybridized carbons (Fsp3) is 0.375. The number of fused-ring (bicyclic) bond motifs is 1. The van der Waals surface area contributed by atoms with Gasteiger partial charge in [0.05, 0.1) is 12.3 Å². The van der Waals surface area contributed by atoms with Gasteiger partial charge in [-0.15, -0.1) is 5.10 Å². The molecule has 6 nitrogen and oxygen atoms in total. The van der Waals surface area contributed by atoms with Gasteiger partial charge in [-0.25, -0.2) is 0 Å². The van der Waals surface area contributed by atoms with Gasteiger partial charge in [0.2, 0.25) is 0 Å². The topological polar surface area (TPSA) is 60.2 Å². The van der Waals surface area contributed by atoms with Crippen LogP contribution in [0.25, 0.3) is 11.3 Å². The summed E-state index contributed by atoms with van der Waals surface area (Å²) in [6, 6.07) is 12.7. The van der Waals surface area contributed by atoms with Crippen LogP contribution in [0, 0.1) is 6.92 Å². The molecular weight excluding hydrogens is 376 g/mol. The Morgan fingerprint density at radius 3 is 2.73 bits per heavy atom. The zero-order valence-electron chi connectivity index (χ0n) is 17.5. The number of hydrogen-bond acceptors (Lipinski definition) is 4. The zero-order valence-corrected chi connectivity index (χ0v) is 17.5. The first-order valence-electron chi connectivity index (χ1n) is 10.6. The molecule has 2 aliphatic heterocycles. The first-order chi connectivity index (χ1) is 14.6. The van der Waals surface area contributed by atoms with Gasteiger partial charge in [0.15, 0.2) is 0 Å². The molecule has 5 rings (SSSR count). The minimum Gasteiger partial charge on any atom is -0.376 e. The summed E-state index contributed by atoms with van der Waals surface area (Å²) in [6.45, 7) is 4.35. The fourth-order valence-electron chi connectivity index (χ4n) is 4.46. The van der Waals surface area contributed by atoms with E-state index in [2.05, 4.69) is 53.6 Å². The minimum absolute atomic E-state index is 0.139. The van der Waals surface area contributed by atoms with Crippen LogP contribution in [-0.4, -0.2) is 45.1 Å². The second kappa shape index (κ2) is 7.69. The van der Waals surface area contributed by atoms with Crippen molar-refractivity contribution in [3.63, 3.8) is 0 Å². The van der Waals surface area contributed by atoms with Crippen LogP contribution in [0.1, 0.15) is 45.5 Å². The van der Waals surface area contributed by atoms with Crippen molar-refractivity contribution in [3.8, 4) is 11.3 Å². The molecule has 1 fully saturated rings. The number of rotatable bonds is 5. The highest BCUT2D eigenvalue weighted by atomic mass is 16.5. The van der Waals surface area contributed by atoms with E-state index in [4.69, 9.17) is 4.74 Å². The number of aromatic nitrogens is 3. The van der Waals surface area contributed by atoms with Crippen molar-refractivity contribution in [1.29, 1.82) is 0 Å². The number of ether oxygens (including phenoxy) is 1. The Balaban J connectivity index is 1.33. The standard InChI is InChI=1S/C24H26N4O2/c1-16-10-20-13-28(14-21-4-3-9-30-21)24(29)22(20)12-19(16)11-17-5-7-18(8-6-17)23-15-27(2)26-25-23/h5-8,10,12,15,21H,3-4,9,11,13-14H2,1-2H3. The van der Waals surface area contributed by atoms with E-state index >= 15 is 0 Å². The summed E-state index contributed by atoms with van der Waals surface area (Å²) in [4.78, 5) is 14.9. The molecule has 0 radical (unpaired) electrons. The van der Waals surface area contributed by atoms with E-state index in [1.807, 2.05) is 18.1 Å². The first kappa shape index (κ1) is 19.0. The van der Waals surface area contributed by atoms with Crippen LogP contribution in [-0.2, 0) is 24.8 Å². The molecule has 154 valence electrons. The molecule has 0 saturated carbocycles. The van der Waals surface area contributed by atoms with Gasteiger partial charge >= 0.3 is 0 Å². The zero-order chi connectivity index (χ0) is 20.7. The molecule has 1 aromatic heterocycles. The fourth-order valence-corrected chi connectivity index (χ4v) is 4.46. The van der Waals surface area contributed by atoms with Gasteiger partial charge in [-0.1, -0.05) is 35.5 Å². The van der Waals surface area contributed by atoms with Crippen LogP contribution < -0.4 is 0 Å². The van der Waals surface area contributed by atoms with Gasteiger partial charge in [-0.3, -0.25) is 9.48 Å². The molecule has 30 heavy (non-hydrogen) atoms. The Hall–Kier alpha value is -2.99. The monoisotopic (exact) mass is 402 g/mol. The van der Waals surface area contributed by atoms with E-state index in [1.54, 1.807) is 4.68 Å². The highest BCUT2D eigenvalue weighted by molar-refractivity contribution is 5.98. The maximum Gasteiger partial charge on any atom is 0.254 e. The first-order valence-corrected chi connectivity index (χ1v) is 10.6. The van der Waals surface area contributed by atoms with Crippen LogP contribution >= 0.6 is 0 Å². The SMILES string of the molecule is Cc1cc2c(cc1Cc1ccc(-c3cn(C)nn3)cc1)C(=O)N(CC1CCCO1)C2. The minimum atomic E-state index is 0.139. The van der Waals surface area contributed by atoms with Gasteiger partial charge in [0.25, 0.3) is 5.91 Å². The molecule has 0 aliphatic carbocycles. The summed E-state index contributed by atoms with van der Waals surface area (Å²) in [6.07, 6.45) is 5.05. The highest BCUT2D eigenvalue weighted by Crippen LogP contribution is 2.29. The van der Waals surface area contributed by atoms with E-state index in [1.165, 1.54) is 16.7 Å². The average molecular weight is 402 g/mol. The van der Waals surface area contributed by atoms with E-state index in [-0.39, 0.29) is 12.0 Å². The van der Waals surface area contributed by atoms with Gasteiger partial charge in [0, 0.05) is 37.9 Å². The lowest BCUT2D eigenvalue weighted by molar-refractivity contribution is 0.0545. The van der Waals surface area contributed by atoms with Crippen molar-refractivity contribution < 1.29 is 9.53 Å². The number of aryl methyl sites for hydroxylation is 2. The summed E-state index contributed by atoms with van der Waals surface area (Å²) in [7, 11) is 1.87. The molecule has 3 heterocycles. The van der Waals surface area contributed by atoms with E-state index in [0.717, 1.165) is 48.3 Å². The largest absolute Gasteiger partial charge is 0.376 e. The summed E-state index contributed by atoms with van der Waals surface area (Å²) in [5.41, 5.74) is 7.56. The Bertz CT molecular complexity index is 1080. The summed E-state index contributed by atoms with van der Waals surface area (Å²) in [5, 5.41) is 8.16. The number of amides is 1. The van der Waals surface area contributed by atoms with E-state index in [9.17, 15) is 4.79 Å². The molecule has 1 unspecified atom stereocenters. The van der Waals surface area contributed by atoms with E-state index in [0.29, 0.717) is 13.1 Å². The third-order valence-electron chi connectivity index (χ3n) is 6.14. The Morgan fingerprint density at radius 1 is 1.20 bits per heavy atom. The molecule has 0 bridgehead atoms. The predicted molar refractivity (Wildman–Crippen MR) is 114 cm³/mol. The van der Waals surface area contributed by atoms with Crippen LogP contribution in [0.2, 0.25) is 0 Å². The molecule has 0 N–H and O–H groups in total. The van der Waals surface area contributed by atoms with Gasteiger partial charge in [-0.05, 0) is 54.5 Å². The number of hydrogen-bond donors (Lipinski definition) is 0. The Labute approximate surface area is 176 Å². The normalized spacial score (nSPS) is 18.3. The van der Waals surface area contributed by atoms with Crippen LogP contribution in [0.15, 0.2) is 42.6 Å². The lowest BCUT2D eigenvalue weighted by atomic mass is 9.95. The van der Waals surface area contributed by atoms with Crippen molar-refractivity contribution in [1.82, 2.24) is 19.9 Å². The third-order valence-corrected chi connectivity index (χ3v) is 6.14. The third kappa shape index (κ3) is 3.63. The molecule has 0 spiro atoms. The van der Waals surface area contributed by atoms with Gasteiger partial charge < -0.3 is 9.64 Å². The summed E-state index contributed by atoms with van der Waals surface area (Å²) in [5.74, 6) is 0.139. The Kier molecular flexibility index (Phi) is 4.87.